The first-order valence-corrected chi connectivity index (χ1v) is 16.3. The molecule has 0 aliphatic heterocycles. The van der Waals surface area contributed by atoms with E-state index in [2.05, 4.69) is 5.32 Å². The standard InChI is InChI=1S/C35H38ClN3O4S/c1-25(2)37-35(41)33(22-28-13-6-5-7-14-28)38(23-29-15-10-11-26(3)21-29)34(40)24-39(32-16-9-8-12-27(32)4)44(42,43)31-19-17-30(36)18-20-31/h5-21,25,33H,22-24H2,1-4H3,(H,37,41)/t33-/m0/s1. The Hall–Kier alpha value is -4.14. The van der Waals surface area contributed by atoms with Crippen molar-refractivity contribution in [2.45, 2.75) is 57.6 Å². The summed E-state index contributed by atoms with van der Waals surface area (Å²) in [5, 5.41) is 3.37. The topological polar surface area (TPSA) is 86.8 Å². The summed E-state index contributed by atoms with van der Waals surface area (Å²) < 4.78 is 29.4. The number of benzene rings is 4. The Morgan fingerprint density at radius 1 is 0.818 bits per heavy atom. The number of carbonyl (C=O) groups is 2. The lowest BCUT2D eigenvalue weighted by atomic mass is 10.0. The molecule has 0 saturated carbocycles. The predicted molar refractivity (Wildman–Crippen MR) is 176 cm³/mol. The van der Waals surface area contributed by atoms with Crippen molar-refractivity contribution in [3.8, 4) is 0 Å². The molecule has 1 atom stereocenters. The molecule has 0 radical (unpaired) electrons. The third-order valence-corrected chi connectivity index (χ3v) is 9.23. The molecule has 0 bridgehead atoms. The van der Waals surface area contributed by atoms with Crippen molar-refractivity contribution in [3.05, 3.63) is 130 Å². The maximum Gasteiger partial charge on any atom is 0.264 e. The Labute approximate surface area is 265 Å². The molecule has 0 aliphatic rings. The van der Waals surface area contributed by atoms with Gasteiger partial charge in [0.25, 0.3) is 10.0 Å². The first kappa shape index (κ1) is 32.8. The summed E-state index contributed by atoms with van der Waals surface area (Å²) in [6, 6.07) is 29.0. The minimum absolute atomic E-state index is 0.00146. The zero-order valence-corrected chi connectivity index (χ0v) is 27.0. The van der Waals surface area contributed by atoms with Gasteiger partial charge in [0.1, 0.15) is 12.6 Å². The summed E-state index contributed by atoms with van der Waals surface area (Å²) >= 11 is 6.06. The molecule has 0 aliphatic carbocycles. The van der Waals surface area contributed by atoms with Gasteiger partial charge < -0.3 is 10.2 Å². The highest BCUT2D eigenvalue weighted by molar-refractivity contribution is 7.92. The number of anilines is 1. The number of hydrogen-bond acceptors (Lipinski definition) is 4. The lowest BCUT2D eigenvalue weighted by Crippen LogP contribution is -2.54. The fraction of sp³-hybridized carbons (Fsp3) is 0.257. The number of rotatable bonds is 12. The van der Waals surface area contributed by atoms with Crippen LogP contribution in [-0.4, -0.2) is 43.8 Å². The lowest BCUT2D eigenvalue weighted by molar-refractivity contribution is -0.140. The van der Waals surface area contributed by atoms with Crippen molar-refractivity contribution in [2.75, 3.05) is 10.8 Å². The van der Waals surface area contributed by atoms with E-state index in [9.17, 15) is 18.0 Å². The van der Waals surface area contributed by atoms with Gasteiger partial charge in [-0.25, -0.2) is 8.42 Å². The Bertz CT molecular complexity index is 1690. The van der Waals surface area contributed by atoms with Crippen molar-refractivity contribution in [2.24, 2.45) is 0 Å². The van der Waals surface area contributed by atoms with E-state index in [0.29, 0.717) is 16.3 Å². The summed E-state index contributed by atoms with van der Waals surface area (Å²) in [6.07, 6.45) is 0.255. The first-order chi connectivity index (χ1) is 21.0. The van der Waals surface area contributed by atoms with Crippen LogP contribution in [0.1, 0.15) is 36.1 Å². The summed E-state index contributed by atoms with van der Waals surface area (Å²) in [5.74, 6) is -0.819. The Kier molecular flexibility index (Phi) is 10.8. The molecule has 0 aromatic heterocycles. The molecule has 0 spiro atoms. The highest BCUT2D eigenvalue weighted by atomic mass is 35.5. The van der Waals surface area contributed by atoms with Gasteiger partial charge in [0.2, 0.25) is 11.8 Å². The lowest BCUT2D eigenvalue weighted by Gasteiger charge is -2.34. The molecule has 1 N–H and O–H groups in total. The van der Waals surface area contributed by atoms with Gasteiger partial charge in [0, 0.05) is 24.0 Å². The minimum Gasteiger partial charge on any atom is -0.352 e. The number of halogens is 1. The zero-order chi connectivity index (χ0) is 31.9. The van der Waals surface area contributed by atoms with E-state index in [1.165, 1.54) is 29.2 Å². The summed E-state index contributed by atoms with van der Waals surface area (Å²) in [5.41, 5.74) is 3.77. The molecule has 4 rings (SSSR count). The van der Waals surface area contributed by atoms with E-state index in [-0.39, 0.29) is 29.8 Å². The Balaban J connectivity index is 1.82. The quantitative estimate of drug-likeness (QED) is 0.198. The molecule has 4 aromatic carbocycles. The van der Waals surface area contributed by atoms with Crippen LogP contribution in [-0.2, 0) is 32.6 Å². The van der Waals surface area contributed by atoms with Crippen LogP contribution in [0.2, 0.25) is 5.02 Å². The Morgan fingerprint density at radius 2 is 1.45 bits per heavy atom. The van der Waals surface area contributed by atoms with Crippen LogP contribution in [0.5, 0.6) is 0 Å². The van der Waals surface area contributed by atoms with Crippen molar-refractivity contribution in [1.82, 2.24) is 10.2 Å². The molecule has 230 valence electrons. The van der Waals surface area contributed by atoms with Crippen LogP contribution >= 0.6 is 11.6 Å². The third-order valence-electron chi connectivity index (χ3n) is 7.20. The zero-order valence-electron chi connectivity index (χ0n) is 25.4. The molecule has 0 unspecified atom stereocenters. The van der Waals surface area contributed by atoms with E-state index in [1.54, 1.807) is 25.1 Å². The van der Waals surface area contributed by atoms with E-state index in [0.717, 1.165) is 21.0 Å². The monoisotopic (exact) mass is 631 g/mol. The van der Waals surface area contributed by atoms with E-state index in [1.807, 2.05) is 81.4 Å². The largest absolute Gasteiger partial charge is 0.352 e. The highest BCUT2D eigenvalue weighted by Gasteiger charge is 2.35. The second kappa shape index (κ2) is 14.6. The molecule has 4 aromatic rings. The molecule has 0 heterocycles. The fourth-order valence-electron chi connectivity index (χ4n) is 5.03. The molecule has 7 nitrogen and oxygen atoms in total. The maximum absolute atomic E-state index is 14.5. The van der Waals surface area contributed by atoms with Crippen LogP contribution < -0.4 is 9.62 Å². The van der Waals surface area contributed by atoms with Crippen LogP contribution in [0.25, 0.3) is 0 Å². The minimum atomic E-state index is -4.20. The number of sulfonamides is 1. The number of hydrogen-bond donors (Lipinski definition) is 1. The van der Waals surface area contributed by atoms with Gasteiger partial charge in [-0.05, 0) is 74.7 Å². The van der Waals surface area contributed by atoms with E-state index in [4.69, 9.17) is 11.6 Å². The van der Waals surface area contributed by atoms with Gasteiger partial charge in [-0.3, -0.25) is 13.9 Å². The fourth-order valence-corrected chi connectivity index (χ4v) is 6.64. The highest BCUT2D eigenvalue weighted by Crippen LogP contribution is 2.28. The normalized spacial score (nSPS) is 12.0. The van der Waals surface area contributed by atoms with E-state index < -0.39 is 28.5 Å². The van der Waals surface area contributed by atoms with Crippen LogP contribution in [0.15, 0.2) is 108 Å². The second-order valence-electron chi connectivity index (χ2n) is 11.1. The van der Waals surface area contributed by atoms with Crippen molar-refractivity contribution < 1.29 is 18.0 Å². The summed E-state index contributed by atoms with van der Waals surface area (Å²) in [6.45, 7) is 7.09. The number of aryl methyl sites for hydroxylation is 2. The third kappa shape index (κ3) is 8.27. The predicted octanol–water partition coefficient (Wildman–Crippen LogP) is 6.32. The summed E-state index contributed by atoms with van der Waals surface area (Å²) in [4.78, 5) is 29.8. The number of nitrogens with one attached hydrogen (secondary N) is 1. The van der Waals surface area contributed by atoms with Crippen molar-refractivity contribution >= 4 is 39.1 Å². The number of nitrogens with zero attached hydrogens (tertiary/aromatic N) is 2. The second-order valence-corrected chi connectivity index (χ2v) is 13.4. The average molecular weight is 632 g/mol. The average Bonchev–Trinajstić information content (AvgIpc) is 2.98. The van der Waals surface area contributed by atoms with Crippen molar-refractivity contribution in [1.29, 1.82) is 0 Å². The molecular formula is C35H38ClN3O4S. The van der Waals surface area contributed by atoms with Crippen LogP contribution in [0, 0.1) is 13.8 Å². The Morgan fingerprint density at radius 3 is 2.09 bits per heavy atom. The maximum atomic E-state index is 14.5. The van der Waals surface area contributed by atoms with Gasteiger partial charge in [-0.15, -0.1) is 0 Å². The molecule has 9 heteroatoms. The van der Waals surface area contributed by atoms with Crippen LogP contribution in [0.3, 0.4) is 0 Å². The smallest absolute Gasteiger partial charge is 0.264 e. The molecule has 0 fully saturated rings. The molecule has 2 amide bonds. The molecular weight excluding hydrogens is 594 g/mol. The number of carbonyl (C=O) groups excluding carboxylic acids is 2. The van der Waals surface area contributed by atoms with Gasteiger partial charge in [0.05, 0.1) is 10.6 Å². The SMILES string of the molecule is Cc1cccc(CN(C(=O)CN(c2ccccc2C)S(=O)(=O)c2ccc(Cl)cc2)[C@@H](Cc2ccccc2)C(=O)NC(C)C)c1. The molecule has 0 saturated heterocycles. The van der Waals surface area contributed by atoms with Crippen molar-refractivity contribution in [3.63, 3.8) is 0 Å². The van der Waals surface area contributed by atoms with Crippen LogP contribution in [0.4, 0.5) is 5.69 Å². The first-order valence-electron chi connectivity index (χ1n) is 14.5. The summed E-state index contributed by atoms with van der Waals surface area (Å²) in [7, 11) is -4.20. The number of para-hydroxylation sites is 1. The van der Waals surface area contributed by atoms with Gasteiger partial charge in [-0.1, -0.05) is 90.0 Å². The van der Waals surface area contributed by atoms with Gasteiger partial charge >= 0.3 is 0 Å². The van der Waals surface area contributed by atoms with Gasteiger partial charge in [0.15, 0.2) is 0 Å². The molecule has 44 heavy (non-hydrogen) atoms. The van der Waals surface area contributed by atoms with Gasteiger partial charge in [-0.2, -0.15) is 0 Å². The number of amides is 2. The van der Waals surface area contributed by atoms with E-state index >= 15 is 0 Å².